The minimum absolute atomic E-state index is 0.317. The number of fused-ring (bicyclic) bond motifs is 1. The van der Waals surface area contributed by atoms with Crippen LogP contribution in [0.4, 0.5) is 5.69 Å². The van der Waals surface area contributed by atoms with E-state index in [0.29, 0.717) is 28.0 Å². The van der Waals surface area contributed by atoms with E-state index in [2.05, 4.69) is 6.07 Å². The van der Waals surface area contributed by atoms with Crippen LogP contribution in [0.5, 0.6) is 0 Å². The quantitative estimate of drug-likeness (QED) is 0.681. The number of allylic oxidation sites excluding steroid dienone is 1. The zero-order valence-electron chi connectivity index (χ0n) is 14.8. The standard InChI is InChI=1S/C23H15N3O2/c24-15-19-16-25(22(27)17-9-3-1-4-10-17)26(21-14-8-7-13-20(19)21)23(28)18-11-5-2-6-12-18/h1-14,16H. The van der Waals surface area contributed by atoms with Crippen LogP contribution < -0.4 is 5.01 Å². The third-order valence-electron chi connectivity index (χ3n) is 4.45. The summed E-state index contributed by atoms with van der Waals surface area (Å²) in [4.78, 5) is 26.5. The number of nitrogens with zero attached hydrogens (tertiary/aromatic N) is 3. The van der Waals surface area contributed by atoms with Crippen molar-refractivity contribution in [2.75, 3.05) is 5.01 Å². The highest BCUT2D eigenvalue weighted by Crippen LogP contribution is 2.35. The highest BCUT2D eigenvalue weighted by molar-refractivity contribution is 6.12. The van der Waals surface area contributed by atoms with Crippen molar-refractivity contribution in [2.24, 2.45) is 0 Å². The zero-order valence-corrected chi connectivity index (χ0v) is 14.8. The van der Waals surface area contributed by atoms with E-state index in [1.165, 1.54) is 16.2 Å². The maximum absolute atomic E-state index is 13.3. The highest BCUT2D eigenvalue weighted by Gasteiger charge is 2.34. The Labute approximate surface area is 162 Å². The number of carbonyl (C=O) groups is 2. The van der Waals surface area contributed by atoms with Crippen molar-refractivity contribution in [3.63, 3.8) is 0 Å². The minimum atomic E-state index is -0.396. The zero-order chi connectivity index (χ0) is 19.5. The normalized spacial score (nSPS) is 12.6. The second-order valence-corrected chi connectivity index (χ2v) is 6.17. The van der Waals surface area contributed by atoms with Crippen LogP contribution >= 0.6 is 0 Å². The summed E-state index contributed by atoms with van der Waals surface area (Å²) in [6.45, 7) is 0. The van der Waals surface area contributed by atoms with Crippen LogP contribution in [0.3, 0.4) is 0 Å². The van der Waals surface area contributed by atoms with E-state index in [1.54, 1.807) is 72.8 Å². The Hall–Kier alpha value is -4.17. The molecule has 0 aliphatic carbocycles. The first kappa shape index (κ1) is 17.3. The number of hydrazine groups is 1. The molecule has 0 aromatic heterocycles. The number of carbonyl (C=O) groups excluding carboxylic acids is 2. The summed E-state index contributed by atoms with van der Waals surface area (Å²) in [6, 6.07) is 26.6. The first-order valence-electron chi connectivity index (χ1n) is 8.70. The van der Waals surface area contributed by atoms with Crippen molar-refractivity contribution in [1.29, 1.82) is 5.26 Å². The van der Waals surface area contributed by atoms with E-state index in [4.69, 9.17) is 0 Å². The first-order chi connectivity index (χ1) is 13.7. The van der Waals surface area contributed by atoms with Crippen molar-refractivity contribution in [1.82, 2.24) is 5.01 Å². The number of nitriles is 1. The van der Waals surface area contributed by atoms with E-state index in [9.17, 15) is 14.9 Å². The van der Waals surface area contributed by atoms with Gasteiger partial charge in [-0.2, -0.15) is 5.26 Å². The second kappa shape index (κ2) is 7.22. The molecule has 0 atom stereocenters. The van der Waals surface area contributed by atoms with Gasteiger partial charge in [0, 0.05) is 22.9 Å². The maximum Gasteiger partial charge on any atom is 0.277 e. The third-order valence-corrected chi connectivity index (χ3v) is 4.45. The Balaban J connectivity index is 1.88. The van der Waals surface area contributed by atoms with Crippen LogP contribution in [0, 0.1) is 11.3 Å². The van der Waals surface area contributed by atoms with Crippen molar-refractivity contribution in [3.05, 3.63) is 108 Å². The monoisotopic (exact) mass is 365 g/mol. The van der Waals surface area contributed by atoms with Gasteiger partial charge in [0.15, 0.2) is 0 Å². The van der Waals surface area contributed by atoms with Crippen molar-refractivity contribution >= 4 is 23.1 Å². The van der Waals surface area contributed by atoms with E-state index < -0.39 is 5.91 Å². The molecule has 0 N–H and O–H groups in total. The van der Waals surface area contributed by atoms with Crippen LogP contribution in [0.1, 0.15) is 26.3 Å². The van der Waals surface area contributed by atoms with Gasteiger partial charge in [-0.15, -0.1) is 0 Å². The van der Waals surface area contributed by atoms with Gasteiger partial charge in [-0.05, 0) is 30.3 Å². The predicted molar refractivity (Wildman–Crippen MR) is 106 cm³/mol. The van der Waals surface area contributed by atoms with Gasteiger partial charge < -0.3 is 0 Å². The third kappa shape index (κ3) is 2.93. The summed E-state index contributed by atoms with van der Waals surface area (Å²) >= 11 is 0. The smallest absolute Gasteiger partial charge is 0.267 e. The average Bonchev–Trinajstić information content (AvgIpc) is 2.78. The summed E-state index contributed by atoms with van der Waals surface area (Å²) in [5, 5.41) is 12.1. The molecule has 5 heteroatoms. The van der Waals surface area contributed by atoms with Gasteiger partial charge in [0.1, 0.15) is 6.07 Å². The molecule has 4 rings (SSSR count). The molecule has 0 saturated carbocycles. The van der Waals surface area contributed by atoms with E-state index >= 15 is 0 Å². The summed E-state index contributed by atoms with van der Waals surface area (Å²) < 4.78 is 0. The summed E-state index contributed by atoms with van der Waals surface area (Å²) in [6.07, 6.45) is 1.42. The Bertz CT molecular complexity index is 1120. The summed E-state index contributed by atoms with van der Waals surface area (Å²) in [5.41, 5.74) is 2.27. The van der Waals surface area contributed by atoms with Gasteiger partial charge in [-0.3, -0.25) is 9.59 Å². The van der Waals surface area contributed by atoms with E-state index in [1.807, 2.05) is 12.1 Å². The van der Waals surface area contributed by atoms with Crippen molar-refractivity contribution in [2.45, 2.75) is 0 Å². The summed E-state index contributed by atoms with van der Waals surface area (Å²) in [7, 11) is 0. The minimum Gasteiger partial charge on any atom is -0.267 e. The molecule has 134 valence electrons. The van der Waals surface area contributed by atoms with Crippen LogP contribution in [0.25, 0.3) is 5.57 Å². The molecule has 5 nitrogen and oxygen atoms in total. The molecule has 1 aliphatic rings. The highest BCUT2D eigenvalue weighted by atomic mass is 16.2. The molecule has 0 spiro atoms. The molecule has 0 bridgehead atoms. The van der Waals surface area contributed by atoms with Gasteiger partial charge in [0.25, 0.3) is 11.8 Å². The fraction of sp³-hybridized carbons (Fsp3) is 0. The molecular formula is C23H15N3O2. The lowest BCUT2D eigenvalue weighted by molar-refractivity contribution is 0.0744. The number of para-hydroxylation sites is 1. The molecule has 3 aromatic rings. The number of hydrogen-bond donors (Lipinski definition) is 0. The molecule has 0 fully saturated rings. The van der Waals surface area contributed by atoms with Crippen molar-refractivity contribution in [3.8, 4) is 6.07 Å². The lowest BCUT2D eigenvalue weighted by Gasteiger charge is -2.36. The number of amides is 2. The van der Waals surface area contributed by atoms with Gasteiger partial charge in [-0.1, -0.05) is 54.6 Å². The average molecular weight is 365 g/mol. The molecule has 2 amide bonds. The molecule has 3 aromatic carbocycles. The molecule has 1 heterocycles. The summed E-state index contributed by atoms with van der Waals surface area (Å²) in [5.74, 6) is -0.752. The Kier molecular flexibility index (Phi) is 4.45. The maximum atomic E-state index is 13.3. The van der Waals surface area contributed by atoms with Gasteiger partial charge in [0.2, 0.25) is 0 Å². The number of hydrogen-bond acceptors (Lipinski definition) is 3. The number of benzene rings is 3. The largest absolute Gasteiger partial charge is 0.277 e. The van der Waals surface area contributed by atoms with Gasteiger partial charge in [0.05, 0.1) is 11.3 Å². The van der Waals surface area contributed by atoms with Gasteiger partial charge >= 0.3 is 0 Å². The second-order valence-electron chi connectivity index (χ2n) is 6.17. The first-order valence-corrected chi connectivity index (χ1v) is 8.70. The Morgan fingerprint density at radius 3 is 1.86 bits per heavy atom. The van der Waals surface area contributed by atoms with Crippen LogP contribution in [-0.2, 0) is 0 Å². The molecular weight excluding hydrogens is 350 g/mol. The Morgan fingerprint density at radius 2 is 1.25 bits per heavy atom. The van der Waals surface area contributed by atoms with Crippen LogP contribution in [0.15, 0.2) is 91.1 Å². The van der Waals surface area contributed by atoms with Gasteiger partial charge in [-0.25, -0.2) is 10.0 Å². The fourth-order valence-electron chi connectivity index (χ4n) is 3.11. The van der Waals surface area contributed by atoms with Crippen LogP contribution in [-0.4, -0.2) is 16.8 Å². The molecule has 28 heavy (non-hydrogen) atoms. The molecule has 0 unspecified atom stereocenters. The number of anilines is 1. The molecule has 0 saturated heterocycles. The topological polar surface area (TPSA) is 64.4 Å². The Morgan fingerprint density at radius 1 is 0.714 bits per heavy atom. The van der Waals surface area contributed by atoms with Crippen LogP contribution in [0.2, 0.25) is 0 Å². The molecule has 0 radical (unpaired) electrons. The predicted octanol–water partition coefficient (Wildman–Crippen LogP) is 4.27. The van der Waals surface area contributed by atoms with E-state index in [0.717, 1.165) is 0 Å². The lowest BCUT2D eigenvalue weighted by Crippen LogP contribution is -2.49. The lowest BCUT2D eigenvalue weighted by atomic mass is 10.0. The SMILES string of the molecule is N#CC1=CN(C(=O)c2ccccc2)N(C(=O)c2ccccc2)c2ccccc21. The molecule has 1 aliphatic heterocycles. The number of rotatable bonds is 2. The van der Waals surface area contributed by atoms with E-state index in [-0.39, 0.29) is 5.91 Å². The van der Waals surface area contributed by atoms with Crippen molar-refractivity contribution < 1.29 is 9.59 Å². The fourth-order valence-corrected chi connectivity index (χ4v) is 3.11.